The zero-order chi connectivity index (χ0) is 9.40. The van der Waals surface area contributed by atoms with Gasteiger partial charge in [0.05, 0.1) is 24.0 Å². The summed E-state index contributed by atoms with van der Waals surface area (Å²) in [6, 6.07) is 4.31. The van der Waals surface area contributed by atoms with Crippen LogP contribution in [0, 0.1) is 34.5 Å². The largest absolute Gasteiger partial charge is 0.198 e. The highest BCUT2D eigenvalue weighted by Gasteiger charge is 2.14. The average molecular weight is 164 g/mol. The van der Waals surface area contributed by atoms with Gasteiger partial charge in [0.25, 0.3) is 0 Å². The lowest BCUT2D eigenvalue weighted by Crippen LogP contribution is -2.07. The summed E-state index contributed by atoms with van der Waals surface area (Å²) in [5.74, 6) is -0.187. The van der Waals surface area contributed by atoms with Crippen LogP contribution in [-0.4, -0.2) is 0 Å². The van der Waals surface area contributed by atoms with Crippen LogP contribution in [0.25, 0.3) is 0 Å². The Labute approximate surface area is 74.8 Å². The van der Waals surface area contributed by atoms with Gasteiger partial charge in [0.1, 0.15) is 0 Å². The van der Waals surface area contributed by atoms with E-state index < -0.39 is 0 Å². The molecule has 66 valence electrons. The van der Waals surface area contributed by atoms with Crippen LogP contribution in [0.2, 0.25) is 0 Å². The number of hydrogen-bond acceptors (Lipinski definition) is 2. The first-order valence-electron chi connectivity index (χ1n) is 4.55. The van der Waals surface area contributed by atoms with Crippen LogP contribution in [0.1, 0.15) is 39.5 Å². The van der Waals surface area contributed by atoms with Crippen molar-refractivity contribution in [3.8, 4) is 12.1 Å². The van der Waals surface area contributed by atoms with E-state index in [4.69, 9.17) is 10.5 Å². The fourth-order valence-electron chi connectivity index (χ4n) is 1.13. The van der Waals surface area contributed by atoms with Gasteiger partial charge in [0, 0.05) is 0 Å². The van der Waals surface area contributed by atoms with Crippen LogP contribution in [0.4, 0.5) is 0 Å². The molecule has 0 fully saturated rings. The lowest BCUT2D eigenvalue weighted by molar-refractivity contribution is 0.469. The molecule has 2 unspecified atom stereocenters. The standard InChI is InChI=1S/C10H16N2/c1-3-4-5-6-10(8-12)9(2)7-11/h9-10H,3-6H2,1-2H3. The molecule has 0 bridgehead atoms. The van der Waals surface area contributed by atoms with Gasteiger partial charge in [-0.3, -0.25) is 0 Å². The fourth-order valence-corrected chi connectivity index (χ4v) is 1.13. The molecular weight excluding hydrogens is 148 g/mol. The van der Waals surface area contributed by atoms with E-state index in [2.05, 4.69) is 19.1 Å². The number of unbranched alkanes of at least 4 members (excludes halogenated alkanes) is 2. The van der Waals surface area contributed by atoms with Crippen molar-refractivity contribution in [2.45, 2.75) is 39.5 Å². The van der Waals surface area contributed by atoms with Crippen LogP contribution in [-0.2, 0) is 0 Å². The van der Waals surface area contributed by atoms with Gasteiger partial charge >= 0.3 is 0 Å². The average Bonchev–Trinajstić information content (AvgIpc) is 2.11. The molecule has 12 heavy (non-hydrogen) atoms. The number of rotatable bonds is 5. The van der Waals surface area contributed by atoms with Gasteiger partial charge in [0.15, 0.2) is 0 Å². The zero-order valence-corrected chi connectivity index (χ0v) is 7.88. The molecule has 0 aromatic carbocycles. The summed E-state index contributed by atoms with van der Waals surface area (Å²) in [6.45, 7) is 3.95. The van der Waals surface area contributed by atoms with E-state index in [0.717, 1.165) is 19.3 Å². The fraction of sp³-hybridized carbons (Fsp3) is 0.800. The molecule has 0 aromatic rings. The number of nitrogens with zero attached hydrogens (tertiary/aromatic N) is 2. The number of nitriles is 2. The Bertz CT molecular complexity index is 185. The first kappa shape index (κ1) is 11.0. The van der Waals surface area contributed by atoms with E-state index in [1.54, 1.807) is 0 Å². The lowest BCUT2D eigenvalue weighted by Gasteiger charge is -2.09. The molecule has 2 nitrogen and oxygen atoms in total. The molecule has 0 amide bonds. The second-order valence-corrected chi connectivity index (χ2v) is 3.15. The first-order chi connectivity index (χ1) is 5.76. The summed E-state index contributed by atoms with van der Waals surface area (Å²) in [6.07, 6.45) is 4.27. The minimum Gasteiger partial charge on any atom is -0.198 e. The van der Waals surface area contributed by atoms with E-state index >= 15 is 0 Å². The molecule has 0 saturated heterocycles. The third kappa shape index (κ3) is 3.98. The summed E-state index contributed by atoms with van der Waals surface area (Å²) in [5, 5.41) is 17.3. The predicted octanol–water partition coefficient (Wildman–Crippen LogP) is 2.87. The maximum Gasteiger partial charge on any atom is 0.0669 e. The highest BCUT2D eigenvalue weighted by molar-refractivity contribution is 4.95. The molecule has 2 heteroatoms. The Morgan fingerprint density at radius 2 is 1.83 bits per heavy atom. The van der Waals surface area contributed by atoms with Gasteiger partial charge in [-0.25, -0.2) is 0 Å². The maximum absolute atomic E-state index is 8.73. The summed E-state index contributed by atoms with van der Waals surface area (Å²) in [7, 11) is 0. The molecule has 0 radical (unpaired) electrons. The van der Waals surface area contributed by atoms with E-state index in [1.165, 1.54) is 6.42 Å². The van der Waals surface area contributed by atoms with Gasteiger partial charge in [-0.1, -0.05) is 26.2 Å². The minimum absolute atomic E-state index is 0.0680. The van der Waals surface area contributed by atoms with Gasteiger partial charge in [-0.15, -0.1) is 0 Å². The van der Waals surface area contributed by atoms with Crippen molar-refractivity contribution >= 4 is 0 Å². The van der Waals surface area contributed by atoms with E-state index in [0.29, 0.717) is 0 Å². The summed E-state index contributed by atoms with van der Waals surface area (Å²) in [5.41, 5.74) is 0. The molecule has 0 N–H and O–H groups in total. The predicted molar refractivity (Wildman–Crippen MR) is 48.0 cm³/mol. The lowest BCUT2D eigenvalue weighted by atomic mass is 9.91. The molecule has 0 rings (SSSR count). The van der Waals surface area contributed by atoms with E-state index in [-0.39, 0.29) is 11.8 Å². The highest BCUT2D eigenvalue weighted by atomic mass is 14.3. The van der Waals surface area contributed by atoms with Crippen molar-refractivity contribution in [1.29, 1.82) is 10.5 Å². The molecule has 0 spiro atoms. The third-order valence-electron chi connectivity index (χ3n) is 2.09. The first-order valence-corrected chi connectivity index (χ1v) is 4.55. The van der Waals surface area contributed by atoms with Crippen molar-refractivity contribution in [3.63, 3.8) is 0 Å². The molecule has 0 aliphatic rings. The van der Waals surface area contributed by atoms with Crippen LogP contribution < -0.4 is 0 Å². The van der Waals surface area contributed by atoms with Gasteiger partial charge in [-0.05, 0) is 13.3 Å². The normalized spacial score (nSPS) is 14.3. The second-order valence-electron chi connectivity index (χ2n) is 3.15. The smallest absolute Gasteiger partial charge is 0.0669 e. The SMILES string of the molecule is CCCCCC(C#N)C(C)C#N. The third-order valence-corrected chi connectivity index (χ3v) is 2.09. The molecular formula is C10H16N2. The Morgan fingerprint density at radius 1 is 1.17 bits per heavy atom. The van der Waals surface area contributed by atoms with Gasteiger partial charge < -0.3 is 0 Å². The Hall–Kier alpha value is -1.02. The maximum atomic E-state index is 8.73. The zero-order valence-electron chi connectivity index (χ0n) is 7.88. The highest BCUT2D eigenvalue weighted by Crippen LogP contribution is 2.17. The summed E-state index contributed by atoms with van der Waals surface area (Å²) < 4.78 is 0. The van der Waals surface area contributed by atoms with Crippen molar-refractivity contribution in [2.24, 2.45) is 11.8 Å². The van der Waals surface area contributed by atoms with Crippen LogP contribution >= 0.6 is 0 Å². The Balaban J connectivity index is 3.71. The van der Waals surface area contributed by atoms with E-state index in [1.807, 2.05) is 6.92 Å². The summed E-state index contributed by atoms with van der Waals surface area (Å²) in [4.78, 5) is 0. The van der Waals surface area contributed by atoms with Crippen molar-refractivity contribution < 1.29 is 0 Å². The quantitative estimate of drug-likeness (QED) is 0.586. The number of hydrogen-bond donors (Lipinski definition) is 0. The van der Waals surface area contributed by atoms with Crippen molar-refractivity contribution in [2.75, 3.05) is 0 Å². The monoisotopic (exact) mass is 164 g/mol. The van der Waals surface area contributed by atoms with Crippen LogP contribution in [0.15, 0.2) is 0 Å². The Morgan fingerprint density at radius 3 is 2.25 bits per heavy atom. The molecule has 0 aromatic heterocycles. The molecule has 2 atom stereocenters. The van der Waals surface area contributed by atoms with Gasteiger partial charge in [0.2, 0.25) is 0 Å². The topological polar surface area (TPSA) is 47.6 Å². The Kier molecular flexibility index (Phi) is 6.11. The molecule has 0 heterocycles. The minimum atomic E-state index is -0.119. The molecule has 0 aliphatic carbocycles. The van der Waals surface area contributed by atoms with Gasteiger partial charge in [-0.2, -0.15) is 10.5 Å². The molecule has 0 saturated carbocycles. The van der Waals surface area contributed by atoms with Crippen LogP contribution in [0.5, 0.6) is 0 Å². The summed E-state index contributed by atoms with van der Waals surface area (Å²) >= 11 is 0. The van der Waals surface area contributed by atoms with Crippen molar-refractivity contribution in [3.05, 3.63) is 0 Å². The van der Waals surface area contributed by atoms with E-state index in [9.17, 15) is 0 Å². The van der Waals surface area contributed by atoms with Crippen molar-refractivity contribution in [1.82, 2.24) is 0 Å². The second kappa shape index (κ2) is 6.68. The van der Waals surface area contributed by atoms with Crippen LogP contribution in [0.3, 0.4) is 0 Å². The molecule has 0 aliphatic heterocycles.